The van der Waals surface area contributed by atoms with E-state index in [0.717, 1.165) is 6.54 Å². The van der Waals surface area contributed by atoms with Crippen molar-refractivity contribution in [1.29, 1.82) is 0 Å². The van der Waals surface area contributed by atoms with Crippen molar-refractivity contribution in [2.75, 3.05) is 29.9 Å². The Bertz CT molecular complexity index is 1620. The number of pyridine rings is 2. The maximum Gasteiger partial charge on any atom is 0.172 e. The number of benzene rings is 1. The van der Waals surface area contributed by atoms with Gasteiger partial charge in [0.05, 0.1) is 22.8 Å². The van der Waals surface area contributed by atoms with Gasteiger partial charge in [-0.15, -0.1) is 0 Å². The molecule has 2 N–H and O–H groups in total. The molecule has 37 heavy (non-hydrogen) atoms. The average Bonchev–Trinajstić information content (AvgIpc) is 3.37. The van der Waals surface area contributed by atoms with Gasteiger partial charge in [-0.1, -0.05) is 0 Å². The minimum absolute atomic E-state index is 0.0987. The molecule has 1 aromatic carbocycles. The number of halogens is 2. The van der Waals surface area contributed by atoms with Crippen LogP contribution in [0.25, 0.3) is 16.6 Å². The van der Waals surface area contributed by atoms with Crippen molar-refractivity contribution in [1.82, 2.24) is 34.9 Å². The summed E-state index contributed by atoms with van der Waals surface area (Å²) >= 11 is 0. The third kappa shape index (κ3) is 4.25. The van der Waals surface area contributed by atoms with Crippen molar-refractivity contribution in [3.8, 4) is 11.5 Å². The molecule has 5 heterocycles. The Balaban J connectivity index is 1.32. The van der Waals surface area contributed by atoms with Gasteiger partial charge in [-0.3, -0.25) is 0 Å². The summed E-state index contributed by atoms with van der Waals surface area (Å²) in [4.78, 5) is 18.7. The Kier molecular flexibility index (Phi) is 5.72. The predicted molar refractivity (Wildman–Crippen MR) is 134 cm³/mol. The maximum atomic E-state index is 15.8. The number of nitrogens with zero attached hydrogens (tertiary/aromatic N) is 7. The lowest BCUT2D eigenvalue weighted by atomic mass is 10.1. The third-order valence-corrected chi connectivity index (χ3v) is 6.36. The zero-order chi connectivity index (χ0) is 25.5. The Morgan fingerprint density at radius 2 is 1.95 bits per heavy atom. The number of nitrogens with one attached hydrogen (secondary N) is 2. The Labute approximate surface area is 210 Å². The van der Waals surface area contributed by atoms with E-state index < -0.39 is 11.6 Å². The molecule has 1 aliphatic rings. The number of hydrogen-bond acceptors (Lipinski definition) is 9. The third-order valence-electron chi connectivity index (χ3n) is 6.36. The van der Waals surface area contributed by atoms with Crippen LogP contribution in [0.1, 0.15) is 12.5 Å². The van der Waals surface area contributed by atoms with Crippen LogP contribution in [0.4, 0.5) is 26.1 Å². The number of fused-ring (bicyclic) bond motifs is 2. The van der Waals surface area contributed by atoms with E-state index in [1.54, 1.807) is 41.9 Å². The smallest absolute Gasteiger partial charge is 0.172 e. The lowest BCUT2D eigenvalue weighted by Gasteiger charge is -2.34. The van der Waals surface area contributed by atoms with Crippen molar-refractivity contribution in [3.63, 3.8) is 0 Å². The number of ether oxygens (including phenoxy) is 1. The first-order chi connectivity index (χ1) is 18.0. The summed E-state index contributed by atoms with van der Waals surface area (Å²) in [5.74, 6) is -0.372. The molecule has 5 aromatic rings. The van der Waals surface area contributed by atoms with E-state index in [4.69, 9.17) is 4.74 Å². The molecule has 1 saturated heterocycles. The SMILES string of the molecule is Cc1c(Oc2ccn3ncnc3c2)cnc(Nc2ncnc3ccc(N4CCN[C@H](C)C4)c(F)c23)c1F. The molecule has 0 saturated carbocycles. The van der Waals surface area contributed by atoms with Crippen LogP contribution < -0.4 is 20.3 Å². The minimum atomic E-state index is -0.639. The highest BCUT2D eigenvalue weighted by atomic mass is 19.1. The van der Waals surface area contributed by atoms with E-state index >= 15 is 8.78 Å². The van der Waals surface area contributed by atoms with Gasteiger partial charge in [-0.05, 0) is 32.0 Å². The quantitative estimate of drug-likeness (QED) is 0.368. The number of anilines is 3. The van der Waals surface area contributed by atoms with Crippen molar-refractivity contribution in [2.45, 2.75) is 19.9 Å². The van der Waals surface area contributed by atoms with Crippen LogP contribution in [0, 0.1) is 18.6 Å². The molecule has 6 rings (SSSR count). The monoisotopic (exact) mass is 503 g/mol. The van der Waals surface area contributed by atoms with Gasteiger partial charge in [0, 0.05) is 43.5 Å². The van der Waals surface area contributed by atoms with Gasteiger partial charge >= 0.3 is 0 Å². The summed E-state index contributed by atoms with van der Waals surface area (Å²) in [6.45, 7) is 5.72. The predicted octanol–water partition coefficient (Wildman–Crippen LogP) is 3.99. The van der Waals surface area contributed by atoms with Crippen LogP contribution in [0.5, 0.6) is 11.5 Å². The molecule has 0 amide bonds. The zero-order valence-electron chi connectivity index (χ0n) is 20.1. The maximum absolute atomic E-state index is 15.8. The van der Waals surface area contributed by atoms with Crippen LogP contribution in [-0.2, 0) is 0 Å². The first-order valence-electron chi connectivity index (χ1n) is 11.8. The van der Waals surface area contributed by atoms with E-state index in [2.05, 4.69) is 42.6 Å². The van der Waals surface area contributed by atoms with Crippen LogP contribution >= 0.6 is 0 Å². The summed E-state index contributed by atoms with van der Waals surface area (Å²) in [5, 5.41) is 10.4. The van der Waals surface area contributed by atoms with Crippen LogP contribution in [0.2, 0.25) is 0 Å². The second-order valence-electron chi connectivity index (χ2n) is 8.88. The molecule has 0 unspecified atom stereocenters. The molecule has 4 aromatic heterocycles. The van der Waals surface area contributed by atoms with Gasteiger partial charge in [-0.25, -0.2) is 33.2 Å². The lowest BCUT2D eigenvalue weighted by Crippen LogP contribution is -2.49. The van der Waals surface area contributed by atoms with Crippen LogP contribution in [0.15, 0.2) is 49.3 Å². The van der Waals surface area contributed by atoms with Gasteiger partial charge in [0.25, 0.3) is 0 Å². The normalized spacial score (nSPS) is 15.9. The summed E-state index contributed by atoms with van der Waals surface area (Å²) < 4.78 is 38.6. The van der Waals surface area contributed by atoms with Crippen LogP contribution in [0.3, 0.4) is 0 Å². The first kappa shape index (κ1) is 23.0. The molecule has 0 radical (unpaired) electrons. The van der Waals surface area contributed by atoms with Crippen molar-refractivity contribution in [3.05, 3.63) is 66.5 Å². The summed E-state index contributed by atoms with van der Waals surface area (Å²) in [7, 11) is 0. The molecule has 1 atom stereocenters. The van der Waals surface area contributed by atoms with E-state index in [0.29, 0.717) is 35.7 Å². The summed E-state index contributed by atoms with van der Waals surface area (Å²) in [6, 6.07) is 7.07. The highest BCUT2D eigenvalue weighted by Gasteiger charge is 2.23. The van der Waals surface area contributed by atoms with Gasteiger partial charge in [0.2, 0.25) is 0 Å². The second-order valence-corrected chi connectivity index (χ2v) is 8.88. The summed E-state index contributed by atoms with van der Waals surface area (Å²) in [5.41, 5.74) is 1.68. The molecule has 1 aliphatic heterocycles. The van der Waals surface area contributed by atoms with Gasteiger partial charge < -0.3 is 20.3 Å². The topological polar surface area (TPSA) is 105 Å². The van der Waals surface area contributed by atoms with Crippen molar-refractivity contribution < 1.29 is 13.5 Å². The standard InChI is InChI=1S/C25H23F2N9O/c1-14-11-35(8-6-28-14)18-4-3-17-21(23(18)27)24(32-12-30-17)34-25-22(26)15(2)19(10-29-25)37-16-5-7-36-20(9-16)31-13-33-36/h3-5,7,9-10,12-14,28H,6,8,11H2,1-2H3,(H,29,30,32,34)/t14-/m1/s1. The highest BCUT2D eigenvalue weighted by molar-refractivity contribution is 5.93. The fourth-order valence-corrected chi connectivity index (χ4v) is 4.44. The molecule has 0 spiro atoms. The van der Waals surface area contributed by atoms with E-state index in [1.807, 2.05) is 4.90 Å². The van der Waals surface area contributed by atoms with Crippen LogP contribution in [-0.4, -0.2) is 55.2 Å². The van der Waals surface area contributed by atoms with E-state index in [1.165, 1.54) is 18.9 Å². The van der Waals surface area contributed by atoms with E-state index in [9.17, 15) is 0 Å². The van der Waals surface area contributed by atoms with Crippen molar-refractivity contribution in [2.24, 2.45) is 0 Å². The Morgan fingerprint density at radius 3 is 2.81 bits per heavy atom. The Hall–Kier alpha value is -4.45. The molecule has 1 fully saturated rings. The largest absolute Gasteiger partial charge is 0.455 e. The van der Waals surface area contributed by atoms with E-state index in [-0.39, 0.29) is 34.4 Å². The number of rotatable bonds is 5. The van der Waals surface area contributed by atoms with Crippen molar-refractivity contribution >= 4 is 33.9 Å². The molecule has 0 aliphatic carbocycles. The summed E-state index contributed by atoms with van der Waals surface area (Å²) in [6.07, 6.45) is 5.83. The molecule has 12 heteroatoms. The fourth-order valence-electron chi connectivity index (χ4n) is 4.44. The molecule has 0 bridgehead atoms. The molecular formula is C25H23F2N9O. The van der Waals surface area contributed by atoms with Gasteiger partial charge in [-0.2, -0.15) is 5.10 Å². The second kappa shape index (κ2) is 9.21. The minimum Gasteiger partial charge on any atom is -0.455 e. The number of aromatic nitrogens is 6. The lowest BCUT2D eigenvalue weighted by molar-refractivity contribution is 0.467. The average molecular weight is 504 g/mol. The number of piperazine rings is 1. The van der Waals surface area contributed by atoms with Gasteiger partial charge in [0.15, 0.2) is 28.8 Å². The Morgan fingerprint density at radius 1 is 1.05 bits per heavy atom. The fraction of sp³-hybridized carbons (Fsp3) is 0.240. The highest BCUT2D eigenvalue weighted by Crippen LogP contribution is 2.34. The van der Waals surface area contributed by atoms with Gasteiger partial charge in [0.1, 0.15) is 24.2 Å². The molecular weight excluding hydrogens is 480 g/mol. The zero-order valence-corrected chi connectivity index (χ0v) is 20.1. The first-order valence-corrected chi connectivity index (χ1v) is 11.8. The number of hydrogen-bond donors (Lipinski definition) is 2. The molecule has 188 valence electrons. The molecule has 10 nitrogen and oxygen atoms in total.